The van der Waals surface area contributed by atoms with Gasteiger partial charge in [0.25, 0.3) is 5.89 Å². The van der Waals surface area contributed by atoms with Crippen molar-refractivity contribution in [1.82, 2.24) is 19.9 Å². The van der Waals surface area contributed by atoms with E-state index in [1.165, 1.54) is 0 Å². The second-order valence-corrected chi connectivity index (χ2v) is 5.93. The third-order valence-corrected chi connectivity index (χ3v) is 4.33. The fraction of sp³-hybridized carbons (Fsp3) is 0.625. The van der Waals surface area contributed by atoms with Gasteiger partial charge in [-0.05, 0) is 26.2 Å². The Labute approximate surface area is 140 Å². The number of aromatic nitrogens is 4. The van der Waals surface area contributed by atoms with Crippen LogP contribution in [0.2, 0.25) is 0 Å². The van der Waals surface area contributed by atoms with Crippen LogP contribution in [0.1, 0.15) is 37.2 Å². The lowest BCUT2D eigenvalue weighted by atomic mass is 9.94. The van der Waals surface area contributed by atoms with Gasteiger partial charge in [-0.3, -0.25) is 4.68 Å². The lowest BCUT2D eigenvalue weighted by Crippen LogP contribution is -2.39. The number of aryl methyl sites for hydroxylation is 1. The Morgan fingerprint density at radius 3 is 3.04 bits per heavy atom. The molecule has 1 fully saturated rings. The van der Waals surface area contributed by atoms with E-state index in [0.29, 0.717) is 37.9 Å². The molecule has 0 bridgehead atoms. The molecule has 8 nitrogen and oxygen atoms in total. The van der Waals surface area contributed by atoms with Crippen molar-refractivity contribution in [3.05, 3.63) is 17.7 Å². The molecule has 1 aliphatic rings. The van der Waals surface area contributed by atoms with Crippen LogP contribution in [0.5, 0.6) is 0 Å². The average Bonchev–Trinajstić information content (AvgIpc) is 3.21. The second kappa shape index (κ2) is 7.11. The van der Waals surface area contributed by atoms with E-state index < -0.39 is 5.60 Å². The van der Waals surface area contributed by atoms with Crippen LogP contribution in [0.3, 0.4) is 0 Å². The van der Waals surface area contributed by atoms with Gasteiger partial charge in [0.1, 0.15) is 0 Å². The van der Waals surface area contributed by atoms with Crippen LogP contribution < -0.4 is 0 Å². The number of nitriles is 1. The van der Waals surface area contributed by atoms with Crippen molar-refractivity contribution in [2.45, 2.75) is 44.8 Å². The molecule has 3 heterocycles. The highest BCUT2D eigenvalue weighted by atomic mass is 16.5. The lowest BCUT2D eigenvalue weighted by molar-refractivity contribution is -0.127. The number of methoxy groups -OCH3 is 1. The predicted molar refractivity (Wildman–Crippen MR) is 83.8 cm³/mol. The third kappa shape index (κ3) is 3.05. The van der Waals surface area contributed by atoms with Gasteiger partial charge in [0, 0.05) is 19.4 Å². The molecule has 1 unspecified atom stereocenters. The molecule has 1 saturated heterocycles. The predicted octanol–water partition coefficient (Wildman–Crippen LogP) is 2.20. The van der Waals surface area contributed by atoms with Gasteiger partial charge < -0.3 is 14.0 Å². The van der Waals surface area contributed by atoms with Gasteiger partial charge in [0.15, 0.2) is 5.60 Å². The summed E-state index contributed by atoms with van der Waals surface area (Å²) in [5.41, 5.74) is 1.03. The maximum atomic E-state index is 8.71. The van der Waals surface area contributed by atoms with E-state index in [-0.39, 0.29) is 0 Å². The minimum atomic E-state index is -0.639. The minimum absolute atomic E-state index is 0.395. The molecule has 0 aromatic carbocycles. The van der Waals surface area contributed by atoms with E-state index >= 15 is 0 Å². The van der Waals surface area contributed by atoms with Crippen molar-refractivity contribution in [3.8, 4) is 17.5 Å². The molecule has 3 rings (SSSR count). The smallest absolute Gasteiger partial charge is 0.261 e. The molecule has 0 amide bonds. The van der Waals surface area contributed by atoms with Gasteiger partial charge in [0.2, 0.25) is 5.82 Å². The molecule has 2 aromatic heterocycles. The van der Waals surface area contributed by atoms with E-state index in [0.717, 1.165) is 30.5 Å². The fourth-order valence-corrected chi connectivity index (χ4v) is 3.00. The van der Waals surface area contributed by atoms with Crippen LogP contribution in [0.4, 0.5) is 0 Å². The zero-order valence-corrected chi connectivity index (χ0v) is 14.0. The first-order valence-electron chi connectivity index (χ1n) is 8.07. The molecule has 0 spiro atoms. The van der Waals surface area contributed by atoms with Crippen LogP contribution >= 0.6 is 0 Å². The van der Waals surface area contributed by atoms with Gasteiger partial charge in [0.05, 0.1) is 37.4 Å². The summed E-state index contributed by atoms with van der Waals surface area (Å²) < 4.78 is 18.5. The number of hydrogen-bond acceptors (Lipinski definition) is 7. The molecule has 0 saturated carbocycles. The van der Waals surface area contributed by atoms with E-state index in [4.69, 9.17) is 19.3 Å². The summed E-state index contributed by atoms with van der Waals surface area (Å²) in [5.74, 6) is 0.929. The van der Waals surface area contributed by atoms with Gasteiger partial charge in [-0.1, -0.05) is 5.16 Å². The Hall–Kier alpha value is -2.24. The van der Waals surface area contributed by atoms with E-state index in [1.807, 2.05) is 6.92 Å². The first-order chi connectivity index (χ1) is 11.7. The number of nitrogens with zero attached hydrogens (tertiary/aromatic N) is 5. The average molecular weight is 331 g/mol. The highest BCUT2D eigenvalue weighted by molar-refractivity contribution is 5.54. The Morgan fingerprint density at radius 1 is 1.46 bits per heavy atom. The zero-order valence-electron chi connectivity index (χ0n) is 14.0. The maximum Gasteiger partial charge on any atom is 0.261 e. The van der Waals surface area contributed by atoms with Crippen molar-refractivity contribution in [2.75, 3.05) is 20.3 Å². The number of ether oxygens (including phenoxy) is 2. The second-order valence-electron chi connectivity index (χ2n) is 5.93. The Morgan fingerprint density at radius 2 is 2.33 bits per heavy atom. The Bertz CT molecular complexity index is 719. The van der Waals surface area contributed by atoms with Crippen molar-refractivity contribution >= 4 is 0 Å². The summed E-state index contributed by atoms with van der Waals surface area (Å²) in [6.07, 6.45) is 4.97. The summed E-state index contributed by atoms with van der Waals surface area (Å²) in [7, 11) is 1.64. The van der Waals surface area contributed by atoms with Crippen LogP contribution in [-0.4, -0.2) is 40.2 Å². The van der Waals surface area contributed by atoms with E-state index in [2.05, 4.69) is 21.3 Å². The molecule has 24 heavy (non-hydrogen) atoms. The SMILES string of the molecule is COCC1(c2noc(-c3cnn(CCC#N)c3C)n2)CCCCO1. The highest BCUT2D eigenvalue weighted by Gasteiger charge is 2.40. The molecule has 1 atom stereocenters. The van der Waals surface area contributed by atoms with Crippen molar-refractivity contribution in [2.24, 2.45) is 0 Å². The quantitative estimate of drug-likeness (QED) is 0.800. The minimum Gasteiger partial charge on any atom is -0.381 e. The van der Waals surface area contributed by atoms with Gasteiger partial charge in [-0.15, -0.1) is 0 Å². The topological polar surface area (TPSA) is 99.0 Å². The number of rotatable bonds is 6. The summed E-state index contributed by atoms with van der Waals surface area (Å²) in [5, 5.41) is 17.1. The van der Waals surface area contributed by atoms with Gasteiger partial charge in [-0.25, -0.2) is 0 Å². The zero-order chi connectivity index (χ0) is 17.0. The molecule has 0 radical (unpaired) electrons. The standard InChI is InChI=1S/C16H21N5O3/c1-12-13(10-18-21(12)8-5-7-17)14-19-15(20-24-14)16(11-22-2)6-3-4-9-23-16/h10H,3-6,8-9,11H2,1-2H3. The summed E-state index contributed by atoms with van der Waals surface area (Å²) in [6, 6.07) is 2.12. The van der Waals surface area contributed by atoms with E-state index in [9.17, 15) is 0 Å². The molecular formula is C16H21N5O3. The Balaban J connectivity index is 1.87. The molecule has 8 heteroatoms. The maximum absolute atomic E-state index is 8.71. The monoisotopic (exact) mass is 331 g/mol. The van der Waals surface area contributed by atoms with Crippen LogP contribution in [0.15, 0.2) is 10.7 Å². The largest absolute Gasteiger partial charge is 0.381 e. The third-order valence-electron chi connectivity index (χ3n) is 4.33. The van der Waals surface area contributed by atoms with Crippen LogP contribution in [0.25, 0.3) is 11.5 Å². The Kier molecular flexibility index (Phi) is 4.92. The molecule has 0 aliphatic carbocycles. The molecule has 1 aliphatic heterocycles. The normalized spacial score (nSPS) is 20.9. The van der Waals surface area contributed by atoms with Crippen LogP contribution in [0, 0.1) is 18.3 Å². The van der Waals surface area contributed by atoms with E-state index in [1.54, 1.807) is 18.0 Å². The van der Waals surface area contributed by atoms with Gasteiger partial charge >= 0.3 is 0 Å². The first kappa shape index (κ1) is 16.6. The fourth-order valence-electron chi connectivity index (χ4n) is 3.00. The van der Waals surface area contributed by atoms with Crippen molar-refractivity contribution < 1.29 is 14.0 Å². The summed E-state index contributed by atoms with van der Waals surface area (Å²) in [6.45, 7) is 3.52. The molecule has 2 aromatic rings. The lowest BCUT2D eigenvalue weighted by Gasteiger charge is -2.33. The van der Waals surface area contributed by atoms with Gasteiger partial charge in [-0.2, -0.15) is 15.3 Å². The molecular weight excluding hydrogens is 310 g/mol. The molecule has 128 valence electrons. The van der Waals surface area contributed by atoms with Crippen molar-refractivity contribution in [1.29, 1.82) is 5.26 Å². The van der Waals surface area contributed by atoms with Crippen LogP contribution in [-0.2, 0) is 21.6 Å². The van der Waals surface area contributed by atoms with Crippen molar-refractivity contribution in [3.63, 3.8) is 0 Å². The highest BCUT2D eigenvalue weighted by Crippen LogP contribution is 2.35. The molecule has 0 N–H and O–H groups in total. The summed E-state index contributed by atoms with van der Waals surface area (Å²) in [4.78, 5) is 4.55. The number of hydrogen-bond donors (Lipinski definition) is 0. The first-order valence-corrected chi connectivity index (χ1v) is 8.07. The summed E-state index contributed by atoms with van der Waals surface area (Å²) >= 11 is 0.